The molecule has 1 aromatic rings. The largest absolute Gasteiger partial charge is 0.353 e. The van der Waals surface area contributed by atoms with Crippen molar-refractivity contribution in [2.45, 2.75) is 147 Å². The molecule has 0 radical (unpaired) electrons. The van der Waals surface area contributed by atoms with Crippen molar-refractivity contribution < 1.29 is 4.74 Å². The van der Waals surface area contributed by atoms with Gasteiger partial charge in [0.25, 0.3) is 0 Å². The predicted molar refractivity (Wildman–Crippen MR) is 147 cm³/mol. The van der Waals surface area contributed by atoms with Gasteiger partial charge < -0.3 is 4.74 Å². The van der Waals surface area contributed by atoms with Crippen molar-refractivity contribution in [1.29, 1.82) is 0 Å². The maximum absolute atomic E-state index is 6.87. The number of epoxide rings is 1. The van der Waals surface area contributed by atoms with Crippen molar-refractivity contribution in [2.24, 2.45) is 0 Å². The first-order valence-electron chi connectivity index (χ1n) is 15.0. The summed E-state index contributed by atoms with van der Waals surface area (Å²) in [5.74, 6) is 0. The third-order valence-corrected chi connectivity index (χ3v) is 8.79. The van der Waals surface area contributed by atoms with Gasteiger partial charge in [0, 0.05) is 0 Å². The van der Waals surface area contributed by atoms with Gasteiger partial charge in [-0.05, 0) is 47.6 Å². The number of rotatable bonds is 18. The summed E-state index contributed by atoms with van der Waals surface area (Å²) in [6.07, 6.45) is 30.6. The maximum atomic E-state index is 6.87. The van der Waals surface area contributed by atoms with E-state index in [-0.39, 0.29) is 11.2 Å². The Labute approximate surface area is 210 Å². The summed E-state index contributed by atoms with van der Waals surface area (Å²) in [5.41, 5.74) is 6.06. The number of hydrogen-bond acceptors (Lipinski definition) is 1. The highest BCUT2D eigenvalue weighted by atomic mass is 16.6. The van der Waals surface area contributed by atoms with E-state index >= 15 is 0 Å². The number of fused-ring (bicyclic) bond motifs is 4. The summed E-state index contributed by atoms with van der Waals surface area (Å²) < 4.78 is 6.87. The highest BCUT2D eigenvalue weighted by molar-refractivity contribution is 5.87. The van der Waals surface area contributed by atoms with Gasteiger partial charge >= 0.3 is 0 Å². The molecule has 0 amide bonds. The number of unbranched alkanes of at least 4 members (excludes halogenated alkanes) is 14. The first-order valence-corrected chi connectivity index (χ1v) is 15.0. The summed E-state index contributed by atoms with van der Waals surface area (Å²) in [4.78, 5) is 0. The Morgan fingerprint density at radius 1 is 0.676 bits per heavy atom. The van der Waals surface area contributed by atoms with Gasteiger partial charge in [0.15, 0.2) is 0 Å². The molecule has 2 atom stereocenters. The van der Waals surface area contributed by atoms with Gasteiger partial charge in [0.05, 0.1) is 0 Å². The number of hydrogen-bond donors (Lipinski definition) is 0. The predicted octanol–water partition coefficient (Wildman–Crippen LogP) is 10.1. The SMILES string of the molecule is CCCCCCCCCCC12C=CC3=C(Cc4ccccc43)C1(CCCCCCCCCC)O2. The smallest absolute Gasteiger partial charge is 0.124 e. The molecule has 0 saturated carbocycles. The van der Waals surface area contributed by atoms with E-state index in [0.717, 1.165) is 6.42 Å². The fourth-order valence-electron chi connectivity index (χ4n) is 6.70. The van der Waals surface area contributed by atoms with E-state index in [2.05, 4.69) is 50.3 Å². The van der Waals surface area contributed by atoms with Gasteiger partial charge in [-0.1, -0.05) is 147 Å². The average Bonchev–Trinajstić information content (AvgIpc) is 3.36. The van der Waals surface area contributed by atoms with Gasteiger partial charge in [0.2, 0.25) is 0 Å². The van der Waals surface area contributed by atoms with Crippen molar-refractivity contribution in [3.63, 3.8) is 0 Å². The average molecular weight is 463 g/mol. The minimum atomic E-state index is -0.00277. The highest BCUT2D eigenvalue weighted by Gasteiger charge is 2.70. The monoisotopic (exact) mass is 462 g/mol. The Balaban J connectivity index is 1.31. The Hall–Kier alpha value is -1.34. The lowest BCUT2D eigenvalue weighted by Gasteiger charge is -2.24. The minimum absolute atomic E-state index is 0.000556. The van der Waals surface area contributed by atoms with Crippen LogP contribution in [-0.4, -0.2) is 11.2 Å². The van der Waals surface area contributed by atoms with E-state index in [1.54, 1.807) is 5.57 Å². The van der Waals surface area contributed by atoms with Crippen molar-refractivity contribution in [1.82, 2.24) is 0 Å². The third-order valence-electron chi connectivity index (χ3n) is 8.79. The molecule has 188 valence electrons. The number of allylic oxidation sites excluding steroid dienone is 2. The van der Waals surface area contributed by atoms with E-state index in [9.17, 15) is 0 Å². The lowest BCUT2D eigenvalue weighted by atomic mass is 9.74. The lowest BCUT2D eigenvalue weighted by molar-refractivity contribution is 0.278. The number of benzene rings is 1. The molecule has 34 heavy (non-hydrogen) atoms. The molecule has 0 spiro atoms. The van der Waals surface area contributed by atoms with Crippen LogP contribution >= 0.6 is 0 Å². The van der Waals surface area contributed by atoms with Crippen LogP contribution in [-0.2, 0) is 11.2 Å². The van der Waals surface area contributed by atoms with Crippen molar-refractivity contribution in [3.8, 4) is 0 Å². The second-order valence-corrected chi connectivity index (χ2v) is 11.3. The molecule has 1 aromatic carbocycles. The molecule has 1 heteroatoms. The molecule has 0 N–H and O–H groups in total. The molecule has 1 fully saturated rings. The Kier molecular flexibility index (Phi) is 9.52. The molecule has 2 unspecified atom stereocenters. The second-order valence-electron chi connectivity index (χ2n) is 11.3. The lowest BCUT2D eigenvalue weighted by Crippen LogP contribution is -2.29. The highest BCUT2D eigenvalue weighted by Crippen LogP contribution is 2.65. The van der Waals surface area contributed by atoms with E-state index < -0.39 is 0 Å². The van der Waals surface area contributed by atoms with E-state index in [1.807, 2.05) is 0 Å². The van der Waals surface area contributed by atoms with E-state index in [0.29, 0.717) is 0 Å². The van der Waals surface area contributed by atoms with Crippen LogP contribution in [0.1, 0.15) is 141 Å². The van der Waals surface area contributed by atoms with Crippen molar-refractivity contribution in [2.75, 3.05) is 0 Å². The quantitative estimate of drug-likeness (QED) is 0.156. The van der Waals surface area contributed by atoms with Gasteiger partial charge in [-0.2, -0.15) is 0 Å². The summed E-state index contributed by atoms with van der Waals surface area (Å²) in [6.45, 7) is 4.61. The van der Waals surface area contributed by atoms with Crippen LogP contribution in [0.25, 0.3) is 5.57 Å². The zero-order chi connectivity index (χ0) is 23.7. The van der Waals surface area contributed by atoms with E-state index in [4.69, 9.17) is 4.74 Å². The third kappa shape index (κ3) is 5.72. The van der Waals surface area contributed by atoms with Crippen LogP contribution in [0.15, 0.2) is 42.0 Å². The Morgan fingerprint density at radius 3 is 1.88 bits per heavy atom. The molecule has 1 heterocycles. The number of ether oxygens (including phenoxy) is 1. The molecule has 1 saturated heterocycles. The van der Waals surface area contributed by atoms with Gasteiger partial charge in [0.1, 0.15) is 11.2 Å². The maximum Gasteiger partial charge on any atom is 0.124 e. The molecule has 4 rings (SSSR count). The standard InChI is InChI=1S/C33H50O/c1-3-5-7-9-11-13-15-19-24-32-26-23-30-29-22-18-17-21-28(29)27-31(30)33(32,34-32)25-20-16-14-12-10-8-6-4-2/h17-18,21-23,26H,3-16,19-20,24-25,27H2,1-2H3. The van der Waals surface area contributed by atoms with Crippen molar-refractivity contribution in [3.05, 3.63) is 53.1 Å². The van der Waals surface area contributed by atoms with E-state index in [1.165, 1.54) is 132 Å². The first-order chi connectivity index (χ1) is 16.8. The zero-order valence-corrected chi connectivity index (χ0v) is 22.3. The first kappa shape index (κ1) is 25.7. The molecular formula is C33H50O. The summed E-state index contributed by atoms with van der Waals surface area (Å²) in [5, 5.41) is 0. The molecule has 1 nitrogen and oxygen atoms in total. The Bertz CT molecular complexity index is 833. The topological polar surface area (TPSA) is 12.5 Å². The molecular weight excluding hydrogens is 412 g/mol. The minimum Gasteiger partial charge on any atom is -0.353 e. The van der Waals surface area contributed by atoms with Crippen LogP contribution in [0.3, 0.4) is 0 Å². The normalized spacial score (nSPS) is 24.3. The van der Waals surface area contributed by atoms with Crippen molar-refractivity contribution >= 4 is 5.57 Å². The molecule has 0 aromatic heterocycles. The van der Waals surface area contributed by atoms with Gasteiger partial charge in [-0.15, -0.1) is 0 Å². The molecule has 3 aliphatic rings. The zero-order valence-electron chi connectivity index (χ0n) is 22.3. The second kappa shape index (κ2) is 12.6. The van der Waals surface area contributed by atoms with Crippen LogP contribution in [0.4, 0.5) is 0 Å². The Morgan fingerprint density at radius 2 is 1.24 bits per heavy atom. The summed E-state index contributed by atoms with van der Waals surface area (Å²) in [6, 6.07) is 9.05. The fraction of sp³-hybridized carbons (Fsp3) is 0.697. The van der Waals surface area contributed by atoms with Crippen LogP contribution in [0.5, 0.6) is 0 Å². The molecule has 1 aliphatic heterocycles. The summed E-state index contributed by atoms with van der Waals surface area (Å²) in [7, 11) is 0. The molecule has 0 bridgehead atoms. The van der Waals surface area contributed by atoms with Gasteiger partial charge in [-0.25, -0.2) is 0 Å². The van der Waals surface area contributed by atoms with Crippen LogP contribution in [0.2, 0.25) is 0 Å². The fourth-order valence-corrected chi connectivity index (χ4v) is 6.70. The molecule has 2 aliphatic carbocycles. The van der Waals surface area contributed by atoms with Gasteiger partial charge in [-0.3, -0.25) is 0 Å². The van der Waals surface area contributed by atoms with Crippen LogP contribution < -0.4 is 0 Å². The summed E-state index contributed by atoms with van der Waals surface area (Å²) >= 11 is 0. The van der Waals surface area contributed by atoms with Crippen LogP contribution in [0, 0.1) is 0 Å².